The molecule has 1 aromatic heterocycles. The van der Waals surface area contributed by atoms with Crippen LogP contribution in [0.1, 0.15) is 0 Å². The van der Waals surface area contributed by atoms with Crippen molar-refractivity contribution in [2.75, 3.05) is 19.0 Å². The Balaban J connectivity index is 2.43. The Bertz CT molecular complexity index is 473. The monoisotopic (exact) mass is 206 g/mol. The molecule has 1 heterocycles. The lowest BCUT2D eigenvalue weighted by atomic mass is 10.2. The summed E-state index contributed by atoms with van der Waals surface area (Å²) in [6, 6.07) is 7.17. The molecule has 0 aliphatic rings. The van der Waals surface area contributed by atoms with Crippen molar-refractivity contribution < 1.29 is 9.13 Å². The minimum atomic E-state index is -0.509. The van der Waals surface area contributed by atoms with Gasteiger partial charge < -0.3 is 10.5 Å². The van der Waals surface area contributed by atoms with E-state index in [9.17, 15) is 4.39 Å². The van der Waals surface area contributed by atoms with Crippen LogP contribution in [0.15, 0.2) is 30.5 Å². The number of rotatable bonds is 3. The van der Waals surface area contributed by atoms with Crippen LogP contribution in [0.4, 0.5) is 10.1 Å². The number of anilines is 1. The zero-order valence-corrected chi connectivity index (χ0v) is 8.11. The van der Waals surface area contributed by atoms with Crippen molar-refractivity contribution in [1.82, 2.24) is 4.98 Å². The van der Waals surface area contributed by atoms with E-state index in [4.69, 9.17) is 10.5 Å². The quantitative estimate of drug-likeness (QED) is 0.783. The maximum absolute atomic E-state index is 11.9. The summed E-state index contributed by atoms with van der Waals surface area (Å²) < 4.78 is 17.1. The summed E-state index contributed by atoms with van der Waals surface area (Å²) in [6.45, 7) is -0.462. The lowest BCUT2D eigenvalue weighted by molar-refractivity contribution is 0.273. The number of hydrogen-bond acceptors (Lipinski definition) is 3. The molecule has 2 N–H and O–H groups in total. The largest absolute Gasteiger partial charge is 0.491 e. The summed E-state index contributed by atoms with van der Waals surface area (Å²) in [6.07, 6.45) is 1.68. The van der Waals surface area contributed by atoms with Crippen LogP contribution >= 0.6 is 0 Å². The van der Waals surface area contributed by atoms with E-state index < -0.39 is 6.67 Å². The molecule has 0 bridgehead atoms. The molecule has 0 aliphatic carbocycles. The minimum absolute atomic E-state index is 0.0468. The van der Waals surface area contributed by atoms with E-state index in [2.05, 4.69) is 4.98 Å². The van der Waals surface area contributed by atoms with Crippen molar-refractivity contribution in [2.45, 2.75) is 0 Å². The Kier molecular flexibility index (Phi) is 2.67. The normalized spacial score (nSPS) is 10.5. The number of pyridine rings is 1. The third kappa shape index (κ3) is 1.98. The van der Waals surface area contributed by atoms with Gasteiger partial charge in [-0.05, 0) is 12.1 Å². The van der Waals surface area contributed by atoms with Gasteiger partial charge in [-0.15, -0.1) is 0 Å². The molecule has 4 heteroatoms. The Morgan fingerprint density at radius 2 is 2.27 bits per heavy atom. The first-order valence-corrected chi connectivity index (χ1v) is 4.64. The first-order chi connectivity index (χ1) is 7.31. The lowest BCUT2D eigenvalue weighted by Gasteiger charge is -2.06. The molecule has 2 aromatic rings. The van der Waals surface area contributed by atoms with Crippen molar-refractivity contribution >= 4 is 16.6 Å². The molecule has 0 radical (unpaired) electrons. The van der Waals surface area contributed by atoms with E-state index in [0.717, 1.165) is 10.9 Å². The Labute approximate surface area is 86.7 Å². The lowest BCUT2D eigenvalue weighted by Crippen LogP contribution is -1.99. The molecule has 0 atom stereocenters. The average Bonchev–Trinajstić information content (AvgIpc) is 2.26. The van der Waals surface area contributed by atoms with Crippen LogP contribution in [0.25, 0.3) is 10.9 Å². The maximum Gasteiger partial charge on any atom is 0.123 e. The van der Waals surface area contributed by atoms with E-state index in [-0.39, 0.29) is 6.61 Å². The van der Waals surface area contributed by atoms with Crippen molar-refractivity contribution in [3.05, 3.63) is 30.5 Å². The third-order valence-corrected chi connectivity index (χ3v) is 2.05. The minimum Gasteiger partial charge on any atom is -0.491 e. The SMILES string of the molecule is Nc1cc(OCCF)cc2cccnc12. The van der Waals surface area contributed by atoms with E-state index in [0.29, 0.717) is 11.4 Å². The first-order valence-electron chi connectivity index (χ1n) is 4.64. The van der Waals surface area contributed by atoms with E-state index in [1.165, 1.54) is 0 Å². The topological polar surface area (TPSA) is 48.1 Å². The summed E-state index contributed by atoms with van der Waals surface area (Å²) in [5, 5.41) is 0.895. The van der Waals surface area contributed by atoms with Crippen molar-refractivity contribution in [2.24, 2.45) is 0 Å². The number of fused-ring (bicyclic) bond motifs is 1. The number of aromatic nitrogens is 1. The highest BCUT2D eigenvalue weighted by Gasteiger charge is 2.02. The molecule has 15 heavy (non-hydrogen) atoms. The summed E-state index contributed by atoms with van der Waals surface area (Å²) in [5.74, 6) is 0.575. The van der Waals surface area contributed by atoms with Gasteiger partial charge in [0.05, 0.1) is 11.2 Å². The molecule has 0 spiro atoms. The molecule has 3 nitrogen and oxygen atoms in total. The fourth-order valence-corrected chi connectivity index (χ4v) is 1.43. The first kappa shape index (κ1) is 9.71. The van der Waals surface area contributed by atoms with Gasteiger partial charge in [-0.25, -0.2) is 4.39 Å². The van der Waals surface area contributed by atoms with Gasteiger partial charge in [-0.3, -0.25) is 4.98 Å². The number of ether oxygens (including phenoxy) is 1. The van der Waals surface area contributed by atoms with Crippen LogP contribution in [0.3, 0.4) is 0 Å². The molecule has 0 amide bonds. The number of halogens is 1. The predicted octanol–water partition coefficient (Wildman–Crippen LogP) is 2.17. The van der Waals surface area contributed by atoms with Gasteiger partial charge in [0.15, 0.2) is 0 Å². The Morgan fingerprint density at radius 1 is 1.40 bits per heavy atom. The second-order valence-corrected chi connectivity index (χ2v) is 3.13. The number of nitrogen functional groups attached to an aromatic ring is 1. The summed E-state index contributed by atoms with van der Waals surface area (Å²) in [5.41, 5.74) is 7.08. The second-order valence-electron chi connectivity index (χ2n) is 3.13. The second kappa shape index (κ2) is 4.13. The molecule has 0 aliphatic heterocycles. The molecular formula is C11H11FN2O. The van der Waals surface area contributed by atoms with Crippen molar-refractivity contribution in [3.63, 3.8) is 0 Å². The van der Waals surface area contributed by atoms with Crippen LogP contribution in [0, 0.1) is 0 Å². The van der Waals surface area contributed by atoms with Gasteiger partial charge in [0.25, 0.3) is 0 Å². The zero-order chi connectivity index (χ0) is 10.7. The molecule has 0 saturated carbocycles. The van der Waals surface area contributed by atoms with Gasteiger partial charge in [0.1, 0.15) is 19.0 Å². The van der Waals surface area contributed by atoms with Crippen LogP contribution in [-0.4, -0.2) is 18.3 Å². The standard InChI is InChI=1S/C11H11FN2O/c12-3-5-15-9-6-8-2-1-4-14-11(8)10(13)7-9/h1-2,4,6-7H,3,5,13H2. The van der Waals surface area contributed by atoms with E-state index in [1.54, 1.807) is 18.3 Å². The predicted molar refractivity (Wildman–Crippen MR) is 57.6 cm³/mol. The van der Waals surface area contributed by atoms with Gasteiger partial charge in [0.2, 0.25) is 0 Å². The van der Waals surface area contributed by atoms with Crippen LogP contribution in [-0.2, 0) is 0 Å². The number of alkyl halides is 1. The smallest absolute Gasteiger partial charge is 0.123 e. The van der Waals surface area contributed by atoms with Crippen LogP contribution in [0.5, 0.6) is 5.75 Å². The van der Waals surface area contributed by atoms with Crippen molar-refractivity contribution in [1.29, 1.82) is 0 Å². The van der Waals surface area contributed by atoms with E-state index >= 15 is 0 Å². The van der Waals surface area contributed by atoms with Gasteiger partial charge in [-0.1, -0.05) is 6.07 Å². The fraction of sp³-hybridized carbons (Fsp3) is 0.182. The average molecular weight is 206 g/mol. The van der Waals surface area contributed by atoms with Gasteiger partial charge >= 0.3 is 0 Å². The molecule has 2 rings (SSSR count). The van der Waals surface area contributed by atoms with E-state index in [1.807, 2.05) is 12.1 Å². The Morgan fingerprint density at radius 3 is 3.07 bits per heavy atom. The molecule has 0 unspecified atom stereocenters. The summed E-state index contributed by atoms with van der Waals surface area (Å²) in [4.78, 5) is 4.15. The van der Waals surface area contributed by atoms with Gasteiger partial charge in [-0.2, -0.15) is 0 Å². The fourth-order valence-electron chi connectivity index (χ4n) is 1.43. The molecule has 1 aromatic carbocycles. The maximum atomic E-state index is 11.9. The number of hydrogen-bond donors (Lipinski definition) is 1. The molecule has 0 fully saturated rings. The van der Waals surface area contributed by atoms with Crippen LogP contribution < -0.4 is 10.5 Å². The molecule has 0 saturated heterocycles. The number of nitrogens with two attached hydrogens (primary N) is 1. The van der Waals surface area contributed by atoms with Gasteiger partial charge in [0, 0.05) is 17.6 Å². The molecular weight excluding hydrogens is 195 g/mol. The zero-order valence-electron chi connectivity index (χ0n) is 8.11. The van der Waals surface area contributed by atoms with Crippen molar-refractivity contribution in [3.8, 4) is 5.75 Å². The number of benzene rings is 1. The number of nitrogens with zero attached hydrogens (tertiary/aromatic N) is 1. The summed E-state index contributed by atoms with van der Waals surface area (Å²) >= 11 is 0. The highest BCUT2D eigenvalue weighted by atomic mass is 19.1. The third-order valence-electron chi connectivity index (χ3n) is 2.05. The summed E-state index contributed by atoms with van der Waals surface area (Å²) in [7, 11) is 0. The molecule has 78 valence electrons. The highest BCUT2D eigenvalue weighted by molar-refractivity contribution is 5.90. The van der Waals surface area contributed by atoms with Crippen LogP contribution in [0.2, 0.25) is 0 Å². The highest BCUT2D eigenvalue weighted by Crippen LogP contribution is 2.25. The Hall–Kier alpha value is -1.84.